The van der Waals surface area contributed by atoms with Crippen LogP contribution >= 0.6 is 11.8 Å². The largest absolute Gasteiger partial charge is 0.481 e. The van der Waals surface area contributed by atoms with Crippen LogP contribution in [0.1, 0.15) is 12.8 Å². The highest BCUT2D eigenvalue weighted by molar-refractivity contribution is 7.99. The zero-order valence-electron chi connectivity index (χ0n) is 9.32. The van der Waals surface area contributed by atoms with Gasteiger partial charge in [-0.25, -0.2) is 0 Å². The SMILES string of the molecule is COCCSCC(=O)NCC1(C(=O)O)CC1. The molecule has 1 saturated carbocycles. The summed E-state index contributed by atoms with van der Waals surface area (Å²) in [6, 6.07) is 0. The predicted octanol–water partition coefficient (Wildman–Crippen LogP) is 0.347. The topological polar surface area (TPSA) is 75.6 Å². The summed E-state index contributed by atoms with van der Waals surface area (Å²) in [6.07, 6.45) is 1.33. The molecule has 1 rings (SSSR count). The zero-order valence-corrected chi connectivity index (χ0v) is 10.1. The van der Waals surface area contributed by atoms with Crippen LogP contribution in [0.4, 0.5) is 0 Å². The van der Waals surface area contributed by atoms with Gasteiger partial charge in [0.2, 0.25) is 5.91 Å². The number of methoxy groups -OCH3 is 1. The van der Waals surface area contributed by atoms with Crippen LogP contribution in [-0.2, 0) is 14.3 Å². The summed E-state index contributed by atoms with van der Waals surface area (Å²) in [7, 11) is 1.62. The van der Waals surface area contributed by atoms with Crippen LogP contribution in [0, 0.1) is 5.41 Å². The molecule has 0 aromatic rings. The summed E-state index contributed by atoms with van der Waals surface area (Å²) >= 11 is 1.48. The van der Waals surface area contributed by atoms with Gasteiger partial charge in [-0.3, -0.25) is 9.59 Å². The lowest BCUT2D eigenvalue weighted by Gasteiger charge is -2.10. The van der Waals surface area contributed by atoms with Crippen molar-refractivity contribution in [3.8, 4) is 0 Å². The second kappa shape index (κ2) is 6.10. The molecule has 0 radical (unpaired) electrons. The van der Waals surface area contributed by atoms with E-state index < -0.39 is 11.4 Å². The summed E-state index contributed by atoms with van der Waals surface area (Å²) in [5, 5.41) is 11.6. The van der Waals surface area contributed by atoms with Crippen molar-refractivity contribution in [2.45, 2.75) is 12.8 Å². The number of carbonyl (C=O) groups is 2. The van der Waals surface area contributed by atoms with Gasteiger partial charge in [0.25, 0.3) is 0 Å². The highest BCUT2D eigenvalue weighted by Crippen LogP contribution is 2.45. The van der Waals surface area contributed by atoms with Gasteiger partial charge in [0.15, 0.2) is 0 Å². The highest BCUT2D eigenvalue weighted by Gasteiger charge is 2.50. The standard InChI is InChI=1S/C10H17NO4S/c1-15-4-5-16-6-8(12)11-7-10(2-3-10)9(13)14/h2-7H2,1H3,(H,11,12)(H,13,14). The molecule has 0 aromatic heterocycles. The third kappa shape index (κ3) is 4.02. The minimum absolute atomic E-state index is 0.103. The Hall–Kier alpha value is -0.750. The molecule has 0 spiro atoms. The Labute approximate surface area is 98.9 Å². The maximum atomic E-state index is 11.3. The number of amides is 1. The van der Waals surface area contributed by atoms with Crippen LogP contribution < -0.4 is 5.32 Å². The van der Waals surface area contributed by atoms with E-state index in [2.05, 4.69) is 5.32 Å². The van der Waals surface area contributed by atoms with Gasteiger partial charge in [0, 0.05) is 19.4 Å². The Morgan fingerprint density at radius 1 is 1.50 bits per heavy atom. The maximum Gasteiger partial charge on any atom is 0.311 e. The number of hydrogen-bond donors (Lipinski definition) is 2. The number of aliphatic carboxylic acids is 1. The van der Waals surface area contributed by atoms with Gasteiger partial charge < -0.3 is 15.2 Å². The zero-order chi connectivity index (χ0) is 12.0. The lowest BCUT2D eigenvalue weighted by molar-refractivity contribution is -0.143. The van der Waals surface area contributed by atoms with E-state index in [9.17, 15) is 9.59 Å². The Kier molecular flexibility index (Phi) is 5.08. The van der Waals surface area contributed by atoms with Crippen molar-refractivity contribution in [2.24, 2.45) is 5.41 Å². The number of thioether (sulfide) groups is 1. The monoisotopic (exact) mass is 247 g/mol. The number of carbonyl (C=O) groups excluding carboxylic acids is 1. The molecule has 5 nitrogen and oxygen atoms in total. The van der Waals surface area contributed by atoms with Crippen LogP contribution in [0.15, 0.2) is 0 Å². The van der Waals surface area contributed by atoms with Crippen molar-refractivity contribution in [1.82, 2.24) is 5.32 Å². The molecule has 2 N–H and O–H groups in total. The van der Waals surface area contributed by atoms with Crippen LogP contribution in [0.3, 0.4) is 0 Å². The quantitative estimate of drug-likeness (QED) is 0.605. The Balaban J connectivity index is 2.09. The third-order valence-corrected chi connectivity index (χ3v) is 3.52. The Morgan fingerprint density at radius 3 is 2.69 bits per heavy atom. The smallest absolute Gasteiger partial charge is 0.311 e. The lowest BCUT2D eigenvalue weighted by Crippen LogP contribution is -2.35. The molecule has 16 heavy (non-hydrogen) atoms. The molecule has 0 bridgehead atoms. The lowest BCUT2D eigenvalue weighted by atomic mass is 10.1. The van der Waals surface area contributed by atoms with Gasteiger partial charge >= 0.3 is 5.97 Å². The fourth-order valence-electron chi connectivity index (χ4n) is 1.24. The van der Waals surface area contributed by atoms with Crippen LogP contribution in [0.5, 0.6) is 0 Å². The Bertz CT molecular complexity index is 266. The maximum absolute atomic E-state index is 11.3. The Morgan fingerprint density at radius 2 is 2.19 bits per heavy atom. The number of nitrogens with one attached hydrogen (secondary N) is 1. The van der Waals surface area contributed by atoms with E-state index in [1.54, 1.807) is 7.11 Å². The molecule has 0 aliphatic heterocycles. The molecular weight excluding hydrogens is 230 g/mol. The average Bonchev–Trinajstić information content (AvgIpc) is 3.03. The minimum Gasteiger partial charge on any atom is -0.481 e. The second-order valence-corrected chi connectivity index (χ2v) is 5.01. The fraction of sp³-hybridized carbons (Fsp3) is 0.800. The van der Waals surface area contributed by atoms with Crippen LogP contribution in [-0.4, -0.2) is 48.8 Å². The van der Waals surface area contributed by atoms with Crippen molar-refractivity contribution >= 4 is 23.6 Å². The number of carboxylic acid groups (broad SMARTS) is 1. The van der Waals surface area contributed by atoms with E-state index >= 15 is 0 Å². The summed E-state index contributed by atoms with van der Waals surface area (Å²) in [4.78, 5) is 22.2. The first kappa shape index (κ1) is 13.3. The van der Waals surface area contributed by atoms with E-state index in [1.165, 1.54) is 11.8 Å². The number of hydrogen-bond acceptors (Lipinski definition) is 4. The molecule has 0 unspecified atom stereocenters. The van der Waals surface area contributed by atoms with Gasteiger partial charge in [-0.2, -0.15) is 0 Å². The summed E-state index contributed by atoms with van der Waals surface area (Å²) in [5.41, 5.74) is -0.674. The van der Waals surface area contributed by atoms with E-state index in [4.69, 9.17) is 9.84 Å². The number of carboxylic acids is 1. The molecule has 1 aliphatic carbocycles. The highest BCUT2D eigenvalue weighted by atomic mass is 32.2. The summed E-state index contributed by atoms with van der Waals surface area (Å²) in [6.45, 7) is 0.878. The molecule has 1 aliphatic rings. The summed E-state index contributed by atoms with van der Waals surface area (Å²) < 4.78 is 4.85. The van der Waals surface area contributed by atoms with Gasteiger partial charge in [-0.05, 0) is 12.8 Å². The van der Waals surface area contributed by atoms with Crippen molar-refractivity contribution < 1.29 is 19.4 Å². The molecule has 1 fully saturated rings. The molecule has 92 valence electrons. The first-order valence-corrected chi connectivity index (χ1v) is 6.33. The molecular formula is C10H17NO4S. The van der Waals surface area contributed by atoms with Gasteiger partial charge in [0.05, 0.1) is 17.8 Å². The van der Waals surface area contributed by atoms with Gasteiger partial charge in [0.1, 0.15) is 0 Å². The van der Waals surface area contributed by atoms with Gasteiger partial charge in [-0.15, -0.1) is 11.8 Å². The van der Waals surface area contributed by atoms with Crippen molar-refractivity contribution in [2.75, 3.05) is 31.8 Å². The summed E-state index contributed by atoms with van der Waals surface area (Å²) in [5.74, 6) is 0.223. The van der Waals surface area contributed by atoms with E-state index in [0.717, 1.165) is 5.75 Å². The van der Waals surface area contributed by atoms with Crippen molar-refractivity contribution in [3.63, 3.8) is 0 Å². The van der Waals surface area contributed by atoms with Gasteiger partial charge in [-0.1, -0.05) is 0 Å². The van der Waals surface area contributed by atoms with E-state index in [-0.39, 0.29) is 12.5 Å². The van der Waals surface area contributed by atoms with Crippen LogP contribution in [0.25, 0.3) is 0 Å². The molecule has 6 heteroatoms. The minimum atomic E-state index is -0.806. The fourth-order valence-corrected chi connectivity index (χ4v) is 1.96. The first-order valence-electron chi connectivity index (χ1n) is 5.17. The average molecular weight is 247 g/mol. The molecule has 0 heterocycles. The third-order valence-electron chi connectivity index (χ3n) is 2.60. The molecule has 1 amide bonds. The normalized spacial score (nSPS) is 16.8. The molecule has 0 aromatic carbocycles. The predicted molar refractivity (Wildman–Crippen MR) is 61.5 cm³/mol. The van der Waals surface area contributed by atoms with Crippen molar-refractivity contribution in [3.05, 3.63) is 0 Å². The number of rotatable bonds is 8. The molecule has 0 saturated heterocycles. The number of ether oxygens (including phenoxy) is 1. The van der Waals surface area contributed by atoms with E-state index in [1.807, 2.05) is 0 Å². The van der Waals surface area contributed by atoms with Crippen LogP contribution in [0.2, 0.25) is 0 Å². The first-order chi connectivity index (χ1) is 7.60. The second-order valence-electron chi connectivity index (χ2n) is 3.91. The molecule has 0 atom stereocenters. The van der Waals surface area contributed by atoms with E-state index in [0.29, 0.717) is 25.2 Å². The van der Waals surface area contributed by atoms with Crippen molar-refractivity contribution in [1.29, 1.82) is 0 Å².